The van der Waals surface area contributed by atoms with Crippen LogP contribution in [0.3, 0.4) is 0 Å². The molecule has 1 amide bonds. The van der Waals surface area contributed by atoms with Crippen molar-refractivity contribution >= 4 is 17.5 Å². The van der Waals surface area contributed by atoms with Gasteiger partial charge < -0.3 is 10.4 Å². The number of carbonyl (C=O) groups is 1. The Kier molecular flexibility index (Phi) is 3.49. The predicted octanol–water partition coefficient (Wildman–Crippen LogP) is 0.104. The number of carbonyl (C=O) groups excluding carboxylic acids is 1. The van der Waals surface area contributed by atoms with Gasteiger partial charge >= 0.3 is 0 Å². The fourth-order valence-corrected chi connectivity index (χ4v) is 1.23. The second kappa shape index (κ2) is 4.43. The van der Waals surface area contributed by atoms with Crippen molar-refractivity contribution in [1.29, 1.82) is 0 Å². The van der Waals surface area contributed by atoms with E-state index in [0.717, 1.165) is 5.69 Å². The highest BCUT2D eigenvalue weighted by atomic mass is 35.5. The zero-order chi connectivity index (χ0) is 10.7. The molecule has 1 aromatic rings. The first-order valence-electron chi connectivity index (χ1n) is 4.16. The number of aromatic nitrogens is 2. The van der Waals surface area contributed by atoms with Crippen LogP contribution in [0.4, 0.5) is 0 Å². The highest BCUT2D eigenvalue weighted by molar-refractivity contribution is 6.34. The van der Waals surface area contributed by atoms with Crippen molar-refractivity contribution in [3.63, 3.8) is 0 Å². The molecule has 0 fully saturated rings. The lowest BCUT2D eigenvalue weighted by molar-refractivity contribution is 0.0939. The molecule has 0 radical (unpaired) electrons. The standard InChI is InChI=1S/C8H12ClN3O2/c1-5-6(9)7(11-12(5)2)8(14)10-3-4-13/h13H,3-4H2,1-2H3,(H,10,14). The van der Waals surface area contributed by atoms with E-state index in [9.17, 15) is 4.79 Å². The van der Waals surface area contributed by atoms with Crippen LogP contribution in [0.2, 0.25) is 5.02 Å². The minimum absolute atomic E-state index is 0.102. The van der Waals surface area contributed by atoms with Crippen molar-refractivity contribution in [2.75, 3.05) is 13.2 Å². The summed E-state index contributed by atoms with van der Waals surface area (Å²) < 4.78 is 1.54. The number of rotatable bonds is 3. The molecule has 6 heteroatoms. The van der Waals surface area contributed by atoms with E-state index in [1.165, 1.54) is 4.68 Å². The van der Waals surface area contributed by atoms with Gasteiger partial charge in [-0.05, 0) is 6.92 Å². The van der Waals surface area contributed by atoms with Crippen molar-refractivity contribution in [2.24, 2.45) is 7.05 Å². The van der Waals surface area contributed by atoms with Gasteiger partial charge in [0.15, 0.2) is 5.69 Å². The summed E-state index contributed by atoms with van der Waals surface area (Å²) in [5.41, 5.74) is 0.931. The lowest BCUT2D eigenvalue weighted by Gasteiger charge is -1.99. The van der Waals surface area contributed by atoms with Gasteiger partial charge in [0.25, 0.3) is 5.91 Å². The Labute approximate surface area is 86.7 Å². The predicted molar refractivity (Wildman–Crippen MR) is 52.4 cm³/mol. The molecule has 5 nitrogen and oxygen atoms in total. The Morgan fingerprint density at radius 2 is 2.36 bits per heavy atom. The molecule has 0 unspecified atom stereocenters. The Bertz CT molecular complexity index is 349. The Balaban J connectivity index is 2.85. The van der Waals surface area contributed by atoms with Gasteiger partial charge in [-0.2, -0.15) is 5.10 Å². The summed E-state index contributed by atoms with van der Waals surface area (Å²) in [7, 11) is 1.71. The highest BCUT2D eigenvalue weighted by Gasteiger charge is 2.17. The lowest BCUT2D eigenvalue weighted by Crippen LogP contribution is -2.27. The third kappa shape index (κ3) is 2.05. The third-order valence-electron chi connectivity index (χ3n) is 1.87. The van der Waals surface area contributed by atoms with Crippen LogP contribution in [0.15, 0.2) is 0 Å². The number of aliphatic hydroxyl groups is 1. The molecule has 0 aliphatic heterocycles. The van der Waals surface area contributed by atoms with Crippen LogP contribution in [0, 0.1) is 6.92 Å². The molecule has 0 bridgehead atoms. The molecule has 1 rings (SSSR count). The van der Waals surface area contributed by atoms with Gasteiger partial charge in [-0.1, -0.05) is 11.6 Å². The van der Waals surface area contributed by atoms with Crippen molar-refractivity contribution in [1.82, 2.24) is 15.1 Å². The van der Waals surface area contributed by atoms with E-state index < -0.39 is 0 Å². The van der Waals surface area contributed by atoms with Gasteiger partial charge in [-0.15, -0.1) is 0 Å². The van der Waals surface area contributed by atoms with E-state index >= 15 is 0 Å². The maximum Gasteiger partial charge on any atom is 0.273 e. The molecular formula is C8H12ClN3O2. The molecule has 78 valence electrons. The maximum atomic E-state index is 11.4. The number of aliphatic hydroxyl groups excluding tert-OH is 1. The molecule has 0 aliphatic rings. The number of hydrogen-bond donors (Lipinski definition) is 2. The molecule has 14 heavy (non-hydrogen) atoms. The molecule has 0 aliphatic carbocycles. The molecule has 0 saturated carbocycles. The van der Waals surface area contributed by atoms with Gasteiger partial charge in [-0.3, -0.25) is 9.48 Å². The van der Waals surface area contributed by atoms with Crippen LogP contribution in [-0.4, -0.2) is 33.9 Å². The lowest BCUT2D eigenvalue weighted by atomic mass is 10.3. The summed E-state index contributed by atoms with van der Waals surface area (Å²) in [5.74, 6) is -0.368. The number of hydrogen-bond acceptors (Lipinski definition) is 3. The number of amides is 1. The zero-order valence-electron chi connectivity index (χ0n) is 8.04. The molecule has 0 spiro atoms. The Morgan fingerprint density at radius 1 is 1.71 bits per heavy atom. The topological polar surface area (TPSA) is 67.2 Å². The van der Waals surface area contributed by atoms with Gasteiger partial charge in [-0.25, -0.2) is 0 Å². The minimum Gasteiger partial charge on any atom is -0.395 e. The van der Waals surface area contributed by atoms with Crippen molar-refractivity contribution in [2.45, 2.75) is 6.92 Å². The average molecular weight is 218 g/mol. The highest BCUT2D eigenvalue weighted by Crippen LogP contribution is 2.18. The van der Waals surface area contributed by atoms with Crippen LogP contribution >= 0.6 is 11.6 Å². The van der Waals surface area contributed by atoms with E-state index in [-0.39, 0.29) is 24.8 Å². The normalized spacial score (nSPS) is 10.3. The van der Waals surface area contributed by atoms with Gasteiger partial charge in [0.1, 0.15) is 0 Å². The summed E-state index contributed by atoms with van der Waals surface area (Å²) in [4.78, 5) is 11.4. The molecular weight excluding hydrogens is 206 g/mol. The van der Waals surface area contributed by atoms with E-state index in [2.05, 4.69) is 10.4 Å². The number of nitrogens with one attached hydrogen (secondary N) is 1. The van der Waals surface area contributed by atoms with Crippen molar-refractivity contribution in [3.8, 4) is 0 Å². The second-order valence-corrected chi connectivity index (χ2v) is 3.23. The maximum absolute atomic E-state index is 11.4. The van der Waals surface area contributed by atoms with Crippen LogP contribution < -0.4 is 5.32 Å². The van der Waals surface area contributed by atoms with Crippen LogP contribution in [0.25, 0.3) is 0 Å². The third-order valence-corrected chi connectivity index (χ3v) is 2.33. The van der Waals surface area contributed by atoms with Crippen molar-refractivity contribution in [3.05, 3.63) is 16.4 Å². The number of aryl methyl sites for hydroxylation is 1. The van der Waals surface area contributed by atoms with Crippen LogP contribution in [-0.2, 0) is 7.05 Å². The average Bonchev–Trinajstić information content (AvgIpc) is 2.42. The first-order chi connectivity index (χ1) is 6.57. The first-order valence-corrected chi connectivity index (χ1v) is 4.54. The summed E-state index contributed by atoms with van der Waals surface area (Å²) in [5, 5.41) is 15.3. The van der Waals surface area contributed by atoms with E-state index in [1.807, 2.05) is 0 Å². The first kappa shape index (κ1) is 11.0. The summed E-state index contributed by atoms with van der Waals surface area (Å²) in [6.45, 7) is 1.87. The molecule has 2 N–H and O–H groups in total. The smallest absolute Gasteiger partial charge is 0.273 e. The van der Waals surface area contributed by atoms with Gasteiger partial charge in [0.2, 0.25) is 0 Å². The van der Waals surface area contributed by atoms with E-state index in [0.29, 0.717) is 5.02 Å². The number of halogens is 1. The number of nitrogens with zero attached hydrogens (tertiary/aromatic N) is 2. The molecule has 0 aromatic carbocycles. The van der Waals surface area contributed by atoms with Crippen LogP contribution in [0.1, 0.15) is 16.2 Å². The summed E-state index contributed by atoms with van der Waals surface area (Å²) >= 11 is 5.88. The van der Waals surface area contributed by atoms with Gasteiger partial charge in [0.05, 0.1) is 17.3 Å². The monoisotopic (exact) mass is 217 g/mol. The minimum atomic E-state index is -0.368. The van der Waals surface area contributed by atoms with Crippen LogP contribution in [0.5, 0.6) is 0 Å². The van der Waals surface area contributed by atoms with Crippen molar-refractivity contribution < 1.29 is 9.90 Å². The summed E-state index contributed by atoms with van der Waals surface area (Å²) in [6, 6.07) is 0. The largest absolute Gasteiger partial charge is 0.395 e. The van der Waals surface area contributed by atoms with E-state index in [4.69, 9.17) is 16.7 Å². The van der Waals surface area contributed by atoms with E-state index in [1.54, 1.807) is 14.0 Å². The fourth-order valence-electron chi connectivity index (χ4n) is 0.981. The zero-order valence-corrected chi connectivity index (χ0v) is 8.80. The molecule has 1 heterocycles. The fraction of sp³-hybridized carbons (Fsp3) is 0.500. The summed E-state index contributed by atoms with van der Waals surface area (Å²) in [6.07, 6.45) is 0. The quantitative estimate of drug-likeness (QED) is 0.755. The molecule has 1 aromatic heterocycles. The van der Waals surface area contributed by atoms with Gasteiger partial charge in [0, 0.05) is 13.6 Å². The SMILES string of the molecule is Cc1c(Cl)c(C(=O)NCCO)nn1C. The molecule has 0 saturated heterocycles. The second-order valence-electron chi connectivity index (χ2n) is 2.85. The Hall–Kier alpha value is -1.07. The molecule has 0 atom stereocenters. The Morgan fingerprint density at radius 3 is 2.79 bits per heavy atom.